The molecule has 9 nitrogen and oxygen atoms in total. The molecular formula is C13H18N2O7. The maximum atomic E-state index is 11.3. The number of nitrogens with zero attached hydrogens (tertiary/aromatic N) is 2. The summed E-state index contributed by atoms with van der Waals surface area (Å²) >= 11 is 0. The number of nitro groups is 2. The van der Waals surface area contributed by atoms with Crippen molar-refractivity contribution in [3.8, 4) is 11.5 Å². The minimum absolute atomic E-state index is 0.0640. The van der Waals surface area contributed by atoms with Gasteiger partial charge in [0.1, 0.15) is 5.56 Å². The Morgan fingerprint density at radius 1 is 1.09 bits per heavy atom. The van der Waals surface area contributed by atoms with Crippen LogP contribution in [0.3, 0.4) is 0 Å². The van der Waals surface area contributed by atoms with Crippen molar-refractivity contribution >= 4 is 11.4 Å². The van der Waals surface area contributed by atoms with Crippen LogP contribution < -0.4 is 9.47 Å². The number of ether oxygens (including phenoxy) is 2. The summed E-state index contributed by atoms with van der Waals surface area (Å²) in [5.74, 6) is -0.249. The molecule has 0 aliphatic rings. The van der Waals surface area contributed by atoms with Gasteiger partial charge in [0.05, 0.1) is 35.7 Å². The highest BCUT2D eigenvalue weighted by Gasteiger charge is 2.33. The number of hydrogen-bond donors (Lipinski definition) is 1. The standard InChI is InChI=1S/C13H18N2O7/c1-3-5-21-11-7-10(14(17)18)9(8-16)12(15(19)20)13(11)22-6-4-2/h7,16H,3-6,8H2,1-2H3. The monoisotopic (exact) mass is 314 g/mol. The van der Waals surface area contributed by atoms with E-state index in [9.17, 15) is 25.3 Å². The van der Waals surface area contributed by atoms with Crippen LogP contribution >= 0.6 is 0 Å². The van der Waals surface area contributed by atoms with Crippen LogP contribution in [0.4, 0.5) is 11.4 Å². The van der Waals surface area contributed by atoms with Gasteiger partial charge in [-0.1, -0.05) is 13.8 Å². The van der Waals surface area contributed by atoms with Crippen molar-refractivity contribution in [2.75, 3.05) is 13.2 Å². The topological polar surface area (TPSA) is 125 Å². The lowest BCUT2D eigenvalue weighted by atomic mass is 10.1. The smallest absolute Gasteiger partial charge is 0.327 e. The summed E-state index contributed by atoms with van der Waals surface area (Å²) in [6.45, 7) is 3.22. The molecule has 0 heterocycles. The zero-order chi connectivity index (χ0) is 16.7. The molecule has 0 spiro atoms. The fourth-order valence-electron chi connectivity index (χ4n) is 1.83. The first-order chi connectivity index (χ1) is 10.5. The Hall–Kier alpha value is -2.42. The maximum Gasteiger partial charge on any atom is 0.327 e. The Bertz CT molecular complexity index is 560. The summed E-state index contributed by atoms with van der Waals surface area (Å²) < 4.78 is 10.7. The number of rotatable bonds is 9. The Labute approximate surface area is 126 Å². The van der Waals surface area contributed by atoms with E-state index in [1.165, 1.54) is 0 Å². The summed E-state index contributed by atoms with van der Waals surface area (Å²) in [5, 5.41) is 31.7. The second kappa shape index (κ2) is 8.13. The Morgan fingerprint density at radius 2 is 1.68 bits per heavy atom. The normalized spacial score (nSPS) is 10.3. The minimum atomic E-state index is -0.844. The van der Waals surface area contributed by atoms with Crippen LogP contribution in [0.1, 0.15) is 32.3 Å². The number of hydrogen-bond acceptors (Lipinski definition) is 7. The molecule has 0 atom stereocenters. The third kappa shape index (κ3) is 3.82. The van der Waals surface area contributed by atoms with Crippen LogP contribution in [0.25, 0.3) is 0 Å². The third-order valence-corrected chi connectivity index (χ3v) is 2.75. The average Bonchev–Trinajstić information content (AvgIpc) is 2.49. The number of aliphatic hydroxyl groups is 1. The fraction of sp³-hybridized carbons (Fsp3) is 0.538. The Morgan fingerprint density at radius 3 is 2.14 bits per heavy atom. The van der Waals surface area contributed by atoms with Crippen molar-refractivity contribution in [2.45, 2.75) is 33.3 Å². The predicted octanol–water partition coefficient (Wildman–Crippen LogP) is 2.57. The van der Waals surface area contributed by atoms with Gasteiger partial charge < -0.3 is 14.6 Å². The van der Waals surface area contributed by atoms with Gasteiger partial charge in [-0.05, 0) is 12.8 Å². The molecule has 1 aromatic rings. The second-order valence-corrected chi connectivity index (χ2v) is 4.42. The number of aliphatic hydroxyl groups excluding tert-OH is 1. The quantitative estimate of drug-likeness (QED) is 0.548. The summed E-state index contributed by atoms with van der Waals surface area (Å²) in [5.41, 5.74) is -1.59. The van der Waals surface area contributed by atoms with Crippen LogP contribution in [0.5, 0.6) is 11.5 Å². The zero-order valence-corrected chi connectivity index (χ0v) is 12.4. The van der Waals surface area contributed by atoms with Gasteiger partial charge in [0.15, 0.2) is 5.75 Å². The molecule has 1 aromatic carbocycles. The molecule has 0 aliphatic carbocycles. The first-order valence-corrected chi connectivity index (χ1v) is 6.82. The second-order valence-electron chi connectivity index (χ2n) is 4.42. The largest absolute Gasteiger partial charge is 0.489 e. The summed E-state index contributed by atoms with van der Waals surface area (Å²) in [6.07, 6.45) is 1.21. The van der Waals surface area contributed by atoms with E-state index in [1.807, 2.05) is 13.8 Å². The van der Waals surface area contributed by atoms with Crippen LogP contribution in [-0.2, 0) is 6.61 Å². The van der Waals surface area contributed by atoms with Gasteiger partial charge >= 0.3 is 5.69 Å². The molecule has 0 unspecified atom stereocenters. The highest BCUT2D eigenvalue weighted by molar-refractivity contribution is 5.68. The Balaban J connectivity index is 3.58. The van der Waals surface area contributed by atoms with E-state index in [4.69, 9.17) is 9.47 Å². The van der Waals surface area contributed by atoms with Crippen molar-refractivity contribution in [1.29, 1.82) is 0 Å². The third-order valence-electron chi connectivity index (χ3n) is 2.75. The van der Waals surface area contributed by atoms with Gasteiger partial charge in [-0.25, -0.2) is 0 Å². The molecule has 0 saturated carbocycles. The number of nitro benzene ring substituents is 2. The molecule has 0 fully saturated rings. The molecule has 0 saturated heterocycles. The van der Waals surface area contributed by atoms with Crippen LogP contribution in [0.15, 0.2) is 6.07 Å². The molecule has 0 bridgehead atoms. The molecule has 0 radical (unpaired) electrons. The Kier molecular flexibility index (Phi) is 6.51. The molecule has 22 heavy (non-hydrogen) atoms. The van der Waals surface area contributed by atoms with Crippen molar-refractivity contribution < 1.29 is 24.4 Å². The molecular weight excluding hydrogens is 296 g/mol. The summed E-state index contributed by atoms with van der Waals surface area (Å²) in [4.78, 5) is 20.8. The van der Waals surface area contributed by atoms with Gasteiger partial charge in [-0.3, -0.25) is 20.2 Å². The van der Waals surface area contributed by atoms with E-state index >= 15 is 0 Å². The van der Waals surface area contributed by atoms with E-state index < -0.39 is 33.4 Å². The van der Waals surface area contributed by atoms with Crippen molar-refractivity contribution in [3.63, 3.8) is 0 Å². The van der Waals surface area contributed by atoms with E-state index in [-0.39, 0.29) is 24.7 Å². The maximum absolute atomic E-state index is 11.3. The van der Waals surface area contributed by atoms with Gasteiger partial charge in [-0.2, -0.15) is 0 Å². The van der Waals surface area contributed by atoms with Gasteiger partial charge in [0.2, 0.25) is 5.75 Å². The SMILES string of the molecule is CCCOc1cc([N+](=O)[O-])c(CO)c([N+](=O)[O-])c1OCCC. The molecule has 9 heteroatoms. The molecule has 0 aromatic heterocycles. The zero-order valence-electron chi connectivity index (χ0n) is 12.4. The lowest BCUT2D eigenvalue weighted by Crippen LogP contribution is -2.08. The van der Waals surface area contributed by atoms with Crippen molar-refractivity contribution in [1.82, 2.24) is 0 Å². The summed E-state index contributed by atoms with van der Waals surface area (Å²) in [7, 11) is 0. The summed E-state index contributed by atoms with van der Waals surface area (Å²) in [6, 6.07) is 1.05. The predicted molar refractivity (Wildman–Crippen MR) is 77.2 cm³/mol. The van der Waals surface area contributed by atoms with Gasteiger partial charge in [-0.15, -0.1) is 0 Å². The molecule has 0 amide bonds. The fourth-order valence-corrected chi connectivity index (χ4v) is 1.83. The highest BCUT2D eigenvalue weighted by Crippen LogP contribution is 2.45. The minimum Gasteiger partial charge on any atom is -0.489 e. The number of benzene rings is 1. The van der Waals surface area contributed by atoms with Gasteiger partial charge in [0.25, 0.3) is 5.69 Å². The van der Waals surface area contributed by atoms with E-state index in [2.05, 4.69) is 0 Å². The van der Waals surface area contributed by atoms with Crippen molar-refractivity contribution in [3.05, 3.63) is 31.9 Å². The first-order valence-electron chi connectivity index (χ1n) is 6.82. The molecule has 122 valence electrons. The molecule has 1 rings (SSSR count). The van der Waals surface area contributed by atoms with E-state index in [0.717, 1.165) is 6.07 Å². The van der Waals surface area contributed by atoms with E-state index in [0.29, 0.717) is 12.8 Å². The average molecular weight is 314 g/mol. The van der Waals surface area contributed by atoms with Crippen molar-refractivity contribution in [2.24, 2.45) is 0 Å². The lowest BCUT2D eigenvalue weighted by Gasteiger charge is -2.14. The first kappa shape index (κ1) is 17.6. The van der Waals surface area contributed by atoms with Gasteiger partial charge in [0, 0.05) is 0 Å². The van der Waals surface area contributed by atoms with Crippen LogP contribution in [0.2, 0.25) is 0 Å². The molecule has 0 aliphatic heterocycles. The van der Waals surface area contributed by atoms with E-state index in [1.54, 1.807) is 0 Å². The van der Waals surface area contributed by atoms with Crippen LogP contribution in [0, 0.1) is 20.2 Å². The van der Waals surface area contributed by atoms with Crippen LogP contribution in [-0.4, -0.2) is 28.2 Å². The highest BCUT2D eigenvalue weighted by atomic mass is 16.6. The lowest BCUT2D eigenvalue weighted by molar-refractivity contribution is -0.396. The molecule has 1 N–H and O–H groups in total.